The molecule has 0 fully saturated rings. The molecule has 26 rings (SSSR count). The van der Waals surface area contributed by atoms with Crippen LogP contribution in [0.4, 0.5) is 51.2 Å². The summed E-state index contributed by atoms with van der Waals surface area (Å²) in [6.07, 6.45) is 0. The first-order valence-corrected chi connectivity index (χ1v) is 51.1. The van der Waals surface area contributed by atoms with Crippen LogP contribution in [0.3, 0.4) is 0 Å². The molecule has 0 N–H and O–H groups in total. The average molecular weight is 1910 g/mol. The van der Waals surface area contributed by atoms with Crippen molar-refractivity contribution in [3.63, 3.8) is 0 Å². The van der Waals surface area contributed by atoms with Gasteiger partial charge < -0.3 is 28.4 Å². The van der Waals surface area contributed by atoms with Gasteiger partial charge in [0.2, 0.25) is 0 Å². The fourth-order valence-corrected chi connectivity index (χ4v) is 21.7. The van der Waals surface area contributed by atoms with Crippen LogP contribution >= 0.6 is 0 Å². The number of fused-ring (bicyclic) bond motifs is 5. The molecule has 26 aromatic rings. The molecular weight excluding hydrogens is 1800 g/mol. The van der Waals surface area contributed by atoms with E-state index in [1.54, 1.807) is 0 Å². The van der Waals surface area contributed by atoms with Gasteiger partial charge in [0.05, 0.1) is 17.1 Å². The van der Waals surface area contributed by atoms with Crippen molar-refractivity contribution in [1.82, 2.24) is 13.7 Å². The highest BCUT2D eigenvalue weighted by Crippen LogP contribution is 2.49. The highest BCUT2D eigenvalue weighted by atomic mass is 15.2. The number of nitrogens with zero attached hydrogens (tertiary/aromatic N) is 6. The zero-order valence-corrected chi connectivity index (χ0v) is 83.2. The summed E-state index contributed by atoms with van der Waals surface area (Å²) in [5.74, 6) is 0. The highest BCUT2D eigenvalue weighted by Gasteiger charge is 2.26. The number of hydrogen-bond donors (Lipinski definition) is 0. The second kappa shape index (κ2) is 41.5. The smallest absolute Gasteiger partial charge is 0.0568 e. The zero-order chi connectivity index (χ0) is 99.9. The lowest BCUT2D eigenvalue weighted by Gasteiger charge is -2.26. The van der Waals surface area contributed by atoms with Crippen LogP contribution in [0.1, 0.15) is 0 Å². The maximum atomic E-state index is 2.35. The maximum absolute atomic E-state index is 2.35. The van der Waals surface area contributed by atoms with Gasteiger partial charge >= 0.3 is 0 Å². The maximum Gasteiger partial charge on any atom is 0.0568 e. The predicted octanol–water partition coefficient (Wildman–Crippen LogP) is 39.3. The monoisotopic (exact) mass is 1910 g/mol. The first kappa shape index (κ1) is 92.0. The van der Waals surface area contributed by atoms with E-state index in [4.69, 9.17) is 0 Å². The molecule has 0 aliphatic carbocycles. The van der Waals surface area contributed by atoms with Crippen LogP contribution in [0.5, 0.6) is 0 Å². The quantitative estimate of drug-likeness (QED) is 0.0717. The molecule has 708 valence electrons. The number of para-hydroxylation sites is 3. The molecule has 0 bridgehead atoms. The largest absolute Gasteiger partial charge is 0.343 e. The van der Waals surface area contributed by atoms with Gasteiger partial charge in [-0.15, -0.1) is 0 Å². The minimum atomic E-state index is 1.10. The van der Waals surface area contributed by atoms with E-state index < -0.39 is 0 Å². The number of anilines is 9. The molecule has 0 spiro atoms. The Labute approximate surface area is 871 Å². The normalized spacial score (nSPS) is 11.2. The molecule has 3 heterocycles. The Morgan fingerprint density at radius 3 is 0.604 bits per heavy atom. The van der Waals surface area contributed by atoms with Gasteiger partial charge in [0.15, 0.2) is 0 Å². The van der Waals surface area contributed by atoms with Crippen molar-refractivity contribution in [2.24, 2.45) is 21.1 Å². The summed E-state index contributed by atoms with van der Waals surface area (Å²) in [4.78, 5) is 7.05. The number of benzene rings is 23. The van der Waals surface area contributed by atoms with E-state index in [-0.39, 0.29) is 0 Å². The Hall–Kier alpha value is -19.4. The summed E-state index contributed by atoms with van der Waals surface area (Å²) < 4.78 is 6.97. The third kappa shape index (κ3) is 18.6. The van der Waals surface area contributed by atoms with E-state index in [0.717, 1.165) is 51.2 Å². The van der Waals surface area contributed by atoms with E-state index in [2.05, 4.69) is 638 Å². The van der Waals surface area contributed by atoms with Crippen molar-refractivity contribution >= 4 is 105 Å². The van der Waals surface area contributed by atoms with Crippen molar-refractivity contribution in [2.45, 2.75) is 0 Å². The molecule has 0 atom stereocenters. The Bertz CT molecular complexity index is 9060. The second-order valence-electron chi connectivity index (χ2n) is 38.0. The van der Waals surface area contributed by atoms with Gasteiger partial charge in [-0.05, 0) is 255 Å². The minimum Gasteiger partial charge on any atom is -0.343 e. The topological polar surface area (TPSA) is 24.5 Å². The van der Waals surface area contributed by atoms with Gasteiger partial charge in [-0.2, -0.15) is 0 Å². The van der Waals surface area contributed by atoms with Crippen molar-refractivity contribution in [3.8, 4) is 134 Å². The molecule has 0 unspecified atom stereocenters. The first-order valence-electron chi connectivity index (χ1n) is 51.1. The number of rotatable bonds is 21. The summed E-state index contributed by atoms with van der Waals surface area (Å²) in [6.45, 7) is 0. The summed E-state index contributed by atoms with van der Waals surface area (Å²) >= 11 is 0. The molecule has 3 aromatic heterocycles. The van der Waals surface area contributed by atoms with Crippen LogP contribution in [0.25, 0.3) is 188 Å². The van der Waals surface area contributed by atoms with E-state index in [0.29, 0.717) is 0 Å². The lowest BCUT2D eigenvalue weighted by Crippen LogP contribution is -2.09. The molecule has 6 nitrogen and oxygen atoms in total. The van der Waals surface area contributed by atoms with Crippen LogP contribution in [0.2, 0.25) is 0 Å². The molecule has 0 amide bonds. The molecule has 0 aliphatic rings. The molecule has 0 aliphatic heterocycles. The molecule has 6 heteroatoms. The Balaban J connectivity index is 0.000000119. The zero-order valence-electron chi connectivity index (χ0n) is 83.2. The molecule has 149 heavy (non-hydrogen) atoms. The van der Waals surface area contributed by atoms with Gasteiger partial charge in [0.1, 0.15) is 0 Å². The fraction of sp³-hybridized carbons (Fsp3) is 0.0210. The SMILES string of the molecule is Cn1c(-c2ccccc2)c(-c2ccc(N(c3ccc(-c4ccccc4)cc3)c3ccc(-c4ccc5ccccc5c4)cc3)cc2)c2ccccc21.Cn1c(-c2ccccc2)c(-c2ccc(N(c3ccc(-c4ccccc4)cc3)c3ccc(-c4cccc5ccccc45)cc3)cc2)c2ccccc21.Cn1c(-c2ccccc2)c(-c2ccc(N(c3ccc(-c4ccccc4)cc3)c3ccc(-c4ccccc4)cc3)cc2)c2ccccc21. The first-order chi connectivity index (χ1) is 73.7. The molecular formula is C143H106N6. The van der Waals surface area contributed by atoms with Crippen LogP contribution in [-0.2, 0) is 21.1 Å². The van der Waals surface area contributed by atoms with Crippen molar-refractivity contribution in [3.05, 3.63) is 588 Å². The van der Waals surface area contributed by atoms with Crippen LogP contribution in [-0.4, -0.2) is 13.7 Å². The summed E-state index contributed by atoms with van der Waals surface area (Å²) in [6, 6.07) is 212. The summed E-state index contributed by atoms with van der Waals surface area (Å²) in [5.41, 5.74) is 42.8. The van der Waals surface area contributed by atoms with Crippen molar-refractivity contribution < 1.29 is 0 Å². The Kier molecular flexibility index (Phi) is 25.6. The molecule has 0 radical (unpaired) electrons. The van der Waals surface area contributed by atoms with Gasteiger partial charge in [-0.3, -0.25) is 0 Å². The van der Waals surface area contributed by atoms with Gasteiger partial charge in [-0.1, -0.05) is 455 Å². The van der Waals surface area contributed by atoms with Gasteiger partial charge in [0, 0.05) is 122 Å². The van der Waals surface area contributed by atoms with Crippen LogP contribution in [0.15, 0.2) is 588 Å². The lowest BCUT2D eigenvalue weighted by atomic mass is 9.97. The van der Waals surface area contributed by atoms with E-state index >= 15 is 0 Å². The number of hydrogen-bond acceptors (Lipinski definition) is 3. The highest BCUT2D eigenvalue weighted by molar-refractivity contribution is 6.09. The van der Waals surface area contributed by atoms with Gasteiger partial charge in [0.25, 0.3) is 0 Å². The van der Waals surface area contributed by atoms with Crippen LogP contribution in [0, 0.1) is 0 Å². The molecule has 23 aromatic carbocycles. The van der Waals surface area contributed by atoms with Crippen molar-refractivity contribution in [1.29, 1.82) is 0 Å². The van der Waals surface area contributed by atoms with E-state index in [1.165, 1.54) is 188 Å². The standard InChI is InChI=1S/2C49H36N2.C45H34N2/c1-50-47-22-11-10-20-46(47)48(49(50)40-16-6-3-7-17-40)39-27-33-43(34-28-39)51(41-29-23-36(24-30-41)35-13-4-2-5-14-35)42-31-25-38(26-32-42)45-21-12-18-37-15-8-9-19-44(37)45;1-50-47-19-11-10-18-46(47)48(49(50)40-15-6-3-7-16-40)39-26-32-45(33-27-39)51(43-28-22-37(23-29-43)35-12-4-2-5-13-35)44-30-24-38(25-31-44)42-21-20-36-14-8-9-17-41(36)34-42;1-46-43-20-12-11-19-42(43)44(45(46)38-17-9-4-10-18-38)37-25-31-41(32-26-37)47(39-27-21-35(22-28-39)33-13-5-2-6-14-33)40-29-23-36(24-30-40)34-15-7-3-8-16-34/h2*2-34H,1H3;2-32H,1H3. The fourth-order valence-electron chi connectivity index (χ4n) is 21.7. The second-order valence-corrected chi connectivity index (χ2v) is 38.0. The minimum absolute atomic E-state index is 1.10. The molecule has 0 saturated heterocycles. The average Bonchev–Trinajstić information content (AvgIpc) is 1.61. The third-order valence-electron chi connectivity index (χ3n) is 29.1. The Morgan fingerprint density at radius 1 is 0.128 bits per heavy atom. The van der Waals surface area contributed by atoms with E-state index in [9.17, 15) is 0 Å². The summed E-state index contributed by atoms with van der Waals surface area (Å²) in [7, 11) is 6.51. The van der Waals surface area contributed by atoms with E-state index in [1.807, 2.05) is 0 Å². The lowest BCUT2D eigenvalue weighted by molar-refractivity contribution is 0.979. The number of aryl methyl sites for hydroxylation is 3. The Morgan fingerprint density at radius 2 is 0.322 bits per heavy atom. The van der Waals surface area contributed by atoms with Crippen LogP contribution < -0.4 is 14.7 Å². The third-order valence-corrected chi connectivity index (χ3v) is 29.1. The van der Waals surface area contributed by atoms with Gasteiger partial charge in [-0.25, -0.2) is 0 Å². The summed E-state index contributed by atoms with van der Waals surface area (Å²) in [5, 5.41) is 8.78. The number of aromatic nitrogens is 3. The predicted molar refractivity (Wildman–Crippen MR) is 633 cm³/mol. The molecule has 0 saturated carbocycles. The van der Waals surface area contributed by atoms with Crippen molar-refractivity contribution in [2.75, 3.05) is 14.7 Å².